The smallest absolute Gasteiger partial charge is 0.253 e. The summed E-state index contributed by atoms with van der Waals surface area (Å²) >= 11 is 3.79. The highest BCUT2D eigenvalue weighted by Crippen LogP contribution is 2.23. The average Bonchev–Trinajstić information content (AvgIpc) is 2.54. The van der Waals surface area contributed by atoms with Gasteiger partial charge in [-0.15, -0.1) is 11.8 Å². The molecule has 23 heavy (non-hydrogen) atoms. The van der Waals surface area contributed by atoms with Crippen LogP contribution in [0.4, 0.5) is 0 Å². The summed E-state index contributed by atoms with van der Waals surface area (Å²) in [6, 6.07) is 16.2. The van der Waals surface area contributed by atoms with Gasteiger partial charge in [0.15, 0.2) is 0 Å². The number of nitrogens with zero attached hydrogens (tertiary/aromatic N) is 1. The van der Waals surface area contributed by atoms with Crippen LogP contribution < -0.4 is 5.43 Å². The second-order valence-electron chi connectivity index (χ2n) is 5.26. The summed E-state index contributed by atoms with van der Waals surface area (Å²) in [5.74, 6) is -0.0967. The summed E-state index contributed by atoms with van der Waals surface area (Å²) in [7, 11) is 0. The Morgan fingerprint density at radius 3 is 2.57 bits per heavy atom. The van der Waals surface area contributed by atoms with Crippen molar-refractivity contribution in [3.8, 4) is 0 Å². The number of hydrazone groups is 1. The van der Waals surface area contributed by atoms with Gasteiger partial charge in [-0.2, -0.15) is 5.10 Å². The molecule has 3 nitrogen and oxygen atoms in total. The topological polar surface area (TPSA) is 41.5 Å². The number of benzene rings is 2. The van der Waals surface area contributed by atoms with Gasteiger partial charge in [0.1, 0.15) is 0 Å². The molecule has 0 saturated heterocycles. The summed E-state index contributed by atoms with van der Waals surface area (Å²) < 4.78 is 1.14. The van der Waals surface area contributed by atoms with Crippen LogP contribution in [0.15, 0.2) is 58.5 Å². The minimum Gasteiger partial charge on any atom is -0.272 e. The molecule has 5 heteroatoms. The molecule has 0 aromatic heterocycles. The zero-order chi connectivity index (χ0) is 16.8. The van der Waals surface area contributed by atoms with Crippen molar-refractivity contribution in [2.75, 3.05) is 0 Å². The van der Waals surface area contributed by atoms with Gasteiger partial charge >= 0.3 is 0 Å². The molecule has 1 N–H and O–H groups in total. The van der Waals surface area contributed by atoms with Crippen LogP contribution in [0.5, 0.6) is 0 Å². The van der Waals surface area contributed by atoms with Crippen LogP contribution in [0.25, 0.3) is 0 Å². The highest BCUT2D eigenvalue weighted by molar-refractivity contribution is 14.1. The van der Waals surface area contributed by atoms with Gasteiger partial charge in [0.05, 0.1) is 11.0 Å². The molecule has 120 valence electrons. The van der Waals surface area contributed by atoms with Gasteiger partial charge in [-0.1, -0.05) is 29.8 Å². The standard InChI is InChI=1S/C18H19IN2OS/c1-12-7-9-17(10-8-12)23-14(3)18(22)21-20-13(2)15-5-4-6-16(19)11-15/h4-11,14H,1-3H3,(H,21,22)/b20-13-/t14-/m0/s1. The Hall–Kier alpha value is -1.34. The first-order chi connectivity index (χ1) is 11.0. The zero-order valence-electron chi connectivity index (χ0n) is 13.3. The van der Waals surface area contributed by atoms with E-state index < -0.39 is 0 Å². The molecule has 2 rings (SSSR count). The molecule has 0 heterocycles. The van der Waals surface area contributed by atoms with Crippen molar-refractivity contribution in [3.63, 3.8) is 0 Å². The second kappa shape index (κ2) is 8.49. The summed E-state index contributed by atoms with van der Waals surface area (Å²) in [4.78, 5) is 13.3. The van der Waals surface area contributed by atoms with Crippen LogP contribution >= 0.6 is 34.4 Å². The Balaban J connectivity index is 1.95. The first kappa shape index (κ1) is 18.0. The molecule has 0 aliphatic heterocycles. The Kier molecular flexibility index (Phi) is 6.65. The fourth-order valence-electron chi connectivity index (χ4n) is 1.88. The SMILES string of the molecule is C/C(=N/NC(=O)[C@H](C)Sc1ccc(C)cc1)c1cccc(I)c1. The Bertz CT molecular complexity index is 713. The van der Waals surface area contributed by atoms with Gasteiger partial charge in [-0.05, 0) is 73.2 Å². The first-order valence-electron chi connectivity index (χ1n) is 7.29. The number of hydrogen-bond acceptors (Lipinski definition) is 3. The predicted octanol–water partition coefficient (Wildman–Crippen LogP) is 4.62. The molecule has 0 fully saturated rings. The van der Waals surface area contributed by atoms with Gasteiger partial charge in [0, 0.05) is 8.47 Å². The first-order valence-corrected chi connectivity index (χ1v) is 9.25. The van der Waals surface area contributed by atoms with E-state index in [4.69, 9.17) is 0 Å². The summed E-state index contributed by atoms with van der Waals surface area (Å²) in [5, 5.41) is 4.01. The number of nitrogens with one attached hydrogen (secondary N) is 1. The van der Waals surface area contributed by atoms with Crippen LogP contribution in [-0.4, -0.2) is 16.9 Å². The number of thioether (sulfide) groups is 1. The highest BCUT2D eigenvalue weighted by atomic mass is 127. The van der Waals surface area contributed by atoms with Crippen LogP contribution in [-0.2, 0) is 4.79 Å². The molecule has 0 unspecified atom stereocenters. The Morgan fingerprint density at radius 1 is 1.22 bits per heavy atom. The van der Waals surface area contributed by atoms with Gasteiger partial charge in [0.25, 0.3) is 5.91 Å². The molecule has 2 aromatic rings. The molecule has 0 spiro atoms. The van der Waals surface area contributed by atoms with Crippen molar-refractivity contribution in [1.82, 2.24) is 5.43 Å². The minimum absolute atomic E-state index is 0.0967. The lowest BCUT2D eigenvalue weighted by Crippen LogP contribution is -2.27. The van der Waals surface area contributed by atoms with Crippen molar-refractivity contribution in [2.24, 2.45) is 5.10 Å². The molecular formula is C18H19IN2OS. The largest absolute Gasteiger partial charge is 0.272 e. The normalized spacial score (nSPS) is 12.8. The quantitative estimate of drug-likeness (QED) is 0.320. The molecule has 0 radical (unpaired) electrons. The van der Waals surface area contributed by atoms with Gasteiger partial charge in [-0.25, -0.2) is 5.43 Å². The highest BCUT2D eigenvalue weighted by Gasteiger charge is 2.14. The van der Waals surface area contributed by atoms with Crippen LogP contribution in [0.3, 0.4) is 0 Å². The van der Waals surface area contributed by atoms with Crippen molar-refractivity contribution in [3.05, 3.63) is 63.2 Å². The number of rotatable bonds is 5. The molecule has 1 amide bonds. The van der Waals surface area contributed by atoms with E-state index in [0.717, 1.165) is 19.7 Å². The van der Waals surface area contributed by atoms with Gasteiger partial charge in [-0.3, -0.25) is 4.79 Å². The predicted molar refractivity (Wildman–Crippen MR) is 106 cm³/mol. The number of carbonyl (C=O) groups excluding carboxylic acids is 1. The van der Waals surface area contributed by atoms with Crippen molar-refractivity contribution in [1.29, 1.82) is 0 Å². The maximum Gasteiger partial charge on any atom is 0.253 e. The van der Waals surface area contributed by atoms with E-state index in [1.165, 1.54) is 17.3 Å². The lowest BCUT2D eigenvalue weighted by Gasteiger charge is -2.10. The monoisotopic (exact) mass is 438 g/mol. The number of halogens is 1. The molecule has 1 atom stereocenters. The Labute approximate surface area is 155 Å². The number of carbonyl (C=O) groups is 1. The van der Waals surface area contributed by atoms with E-state index in [9.17, 15) is 4.79 Å². The van der Waals surface area contributed by atoms with Crippen molar-refractivity contribution in [2.45, 2.75) is 30.9 Å². The van der Waals surface area contributed by atoms with Gasteiger partial charge < -0.3 is 0 Å². The zero-order valence-corrected chi connectivity index (χ0v) is 16.3. The van der Waals surface area contributed by atoms with E-state index >= 15 is 0 Å². The summed E-state index contributed by atoms with van der Waals surface area (Å²) in [5.41, 5.74) is 5.68. The molecular weight excluding hydrogens is 419 g/mol. The molecule has 2 aromatic carbocycles. The molecule has 0 aliphatic rings. The summed E-state index contributed by atoms with van der Waals surface area (Å²) in [6.45, 7) is 5.83. The average molecular weight is 438 g/mol. The lowest BCUT2D eigenvalue weighted by molar-refractivity contribution is -0.120. The van der Waals surface area contributed by atoms with Crippen molar-refractivity contribution >= 4 is 46.0 Å². The lowest BCUT2D eigenvalue weighted by atomic mass is 10.1. The Morgan fingerprint density at radius 2 is 1.91 bits per heavy atom. The molecule has 0 aliphatic carbocycles. The van der Waals surface area contributed by atoms with Crippen LogP contribution in [0.1, 0.15) is 25.0 Å². The maximum absolute atomic E-state index is 12.2. The third kappa shape index (κ3) is 5.66. The van der Waals surface area contributed by atoms with E-state index in [2.05, 4.69) is 33.1 Å². The number of aryl methyl sites for hydroxylation is 1. The number of hydrogen-bond donors (Lipinski definition) is 1. The van der Waals surface area contributed by atoms with E-state index in [1.54, 1.807) is 0 Å². The van der Waals surface area contributed by atoms with Crippen LogP contribution in [0.2, 0.25) is 0 Å². The minimum atomic E-state index is -0.204. The van der Waals surface area contributed by atoms with E-state index in [1.807, 2.05) is 69.3 Å². The second-order valence-corrected chi connectivity index (χ2v) is 7.92. The fourth-order valence-corrected chi connectivity index (χ4v) is 3.29. The third-order valence-corrected chi connectivity index (χ3v) is 5.06. The van der Waals surface area contributed by atoms with E-state index in [-0.39, 0.29) is 11.2 Å². The third-order valence-electron chi connectivity index (χ3n) is 3.28. The fraction of sp³-hybridized carbons (Fsp3) is 0.222. The van der Waals surface area contributed by atoms with Crippen molar-refractivity contribution < 1.29 is 4.79 Å². The molecule has 0 bridgehead atoms. The number of amides is 1. The van der Waals surface area contributed by atoms with E-state index in [0.29, 0.717) is 0 Å². The van der Waals surface area contributed by atoms with Gasteiger partial charge in [0.2, 0.25) is 0 Å². The summed E-state index contributed by atoms with van der Waals surface area (Å²) in [6.07, 6.45) is 0. The van der Waals surface area contributed by atoms with Crippen LogP contribution in [0, 0.1) is 10.5 Å². The maximum atomic E-state index is 12.2. The molecule has 0 saturated carbocycles.